The first kappa shape index (κ1) is 15.7. The van der Waals surface area contributed by atoms with Crippen LogP contribution in [0.4, 0.5) is 0 Å². The van der Waals surface area contributed by atoms with Gasteiger partial charge in [-0.3, -0.25) is 4.46 Å². The van der Waals surface area contributed by atoms with Crippen molar-refractivity contribution < 1.29 is 16.9 Å². The van der Waals surface area contributed by atoms with Gasteiger partial charge in [0, 0.05) is 8.41 Å². The van der Waals surface area contributed by atoms with Gasteiger partial charge in [0.25, 0.3) is 0 Å². The molecule has 0 aliphatic heterocycles. The molecule has 0 bridgehead atoms. The Morgan fingerprint density at radius 1 is 1.50 bits per heavy atom. The Kier molecular flexibility index (Phi) is 24.9. The van der Waals surface area contributed by atoms with E-state index in [1.54, 1.807) is 0 Å². The Bertz CT molecular complexity index is 40.3. The van der Waals surface area contributed by atoms with Crippen LogP contribution in [0.5, 0.6) is 0 Å². The second kappa shape index (κ2) is 9.54. The van der Waals surface area contributed by atoms with Gasteiger partial charge >= 0.3 is 58.1 Å². The van der Waals surface area contributed by atoms with Gasteiger partial charge in [0.2, 0.25) is 0 Å². The zero-order valence-corrected chi connectivity index (χ0v) is 8.53. The van der Waals surface area contributed by atoms with E-state index in [9.17, 15) is 0 Å². The smallest absolute Gasteiger partial charge is 1.00 e. The minimum absolute atomic E-state index is 0. The molecule has 3 nitrogen and oxygen atoms in total. The molecule has 0 amide bonds. The third-order valence-electron chi connectivity index (χ3n) is 0. The topological polar surface area (TPSA) is 57.5 Å². The first-order valence-corrected chi connectivity index (χ1v) is 1.95. The van der Waals surface area contributed by atoms with E-state index in [1.165, 1.54) is 0 Å². The summed E-state index contributed by atoms with van der Waals surface area (Å²) in [6, 6.07) is 0. The maximum Gasteiger partial charge on any atom is 2.00 e. The van der Waals surface area contributed by atoms with Gasteiger partial charge in [-0.05, 0) is 0 Å². The van der Waals surface area contributed by atoms with E-state index in [-0.39, 0.29) is 60.1 Å². The van der Waals surface area contributed by atoms with Crippen LogP contribution < -0.4 is 0 Å². The van der Waals surface area contributed by atoms with Crippen molar-refractivity contribution >= 4 is 66.5 Å². The zero-order valence-electron chi connectivity index (χ0n) is 5.09. The van der Waals surface area contributed by atoms with Crippen LogP contribution in [0.3, 0.4) is 0 Å². The number of rotatable bonds is 0. The van der Waals surface area contributed by atoms with Crippen molar-refractivity contribution in [3.63, 3.8) is 0 Å². The first-order chi connectivity index (χ1) is 1.73. The average Bonchev–Trinajstić information content (AvgIpc) is 0.811. The Morgan fingerprint density at radius 3 is 1.50 bits per heavy atom. The largest absolute Gasteiger partial charge is 2.00 e. The summed E-state index contributed by atoms with van der Waals surface area (Å²) in [5.74, 6) is 0. The molecule has 31 valence electrons. The Balaban J connectivity index is -0.00000000750. The molecule has 0 aromatic rings. The van der Waals surface area contributed by atoms with Crippen LogP contribution >= 0.6 is 0 Å². The van der Waals surface area contributed by atoms with E-state index in [4.69, 9.17) is 14.1 Å². The Morgan fingerprint density at radius 2 is 1.50 bits per heavy atom. The van der Waals surface area contributed by atoms with E-state index in [0.29, 0.717) is 0 Å². The third-order valence-corrected chi connectivity index (χ3v) is 0. The van der Waals surface area contributed by atoms with Gasteiger partial charge in [-0.1, -0.05) is 0 Å². The van der Waals surface area contributed by atoms with Gasteiger partial charge in [0.05, 0.1) is 0 Å². The van der Waals surface area contributed by atoms with Gasteiger partial charge in [-0.15, -0.1) is 0 Å². The predicted molar refractivity (Wildman–Crippen MR) is 24.6 cm³/mol. The van der Waals surface area contributed by atoms with E-state index in [0.717, 1.165) is 0 Å². The van der Waals surface area contributed by atoms with Crippen LogP contribution in [0.25, 0.3) is 0 Å². The summed E-state index contributed by atoms with van der Waals surface area (Å²) >= 11 is 0. The molecule has 0 atom stereocenters. The summed E-state index contributed by atoms with van der Waals surface area (Å²) < 4.78 is 8.74. The summed E-state index contributed by atoms with van der Waals surface area (Å²) in [7, 11) is -3.13. The van der Waals surface area contributed by atoms with E-state index in [1.807, 2.05) is 0 Å². The predicted octanol–water partition coefficient (Wildman–Crippen LogP) is -2.15. The molecule has 0 aromatic carbocycles. The van der Waals surface area contributed by atoms with Crippen molar-refractivity contribution in [2.75, 3.05) is 0 Å². The molecular formula is H4BBaO3Si. The second-order valence-electron chi connectivity index (χ2n) is 0.283. The van der Waals surface area contributed by atoms with Crippen LogP contribution in [-0.2, 0) is 4.46 Å². The van der Waals surface area contributed by atoms with Crippen molar-refractivity contribution in [3.05, 3.63) is 0 Å². The molecular weight excluding hydrogens is 224 g/mol. The van der Waals surface area contributed by atoms with Crippen molar-refractivity contribution in [3.8, 4) is 0 Å². The molecule has 6 heavy (non-hydrogen) atoms. The molecule has 0 saturated carbocycles. The zero-order chi connectivity index (χ0) is 3.58. The summed E-state index contributed by atoms with van der Waals surface area (Å²) in [6.45, 7) is 0. The molecule has 0 unspecified atom stereocenters. The van der Waals surface area contributed by atoms with Crippen LogP contribution in [0, 0.1) is 0 Å². The van der Waals surface area contributed by atoms with Gasteiger partial charge in [-0.25, -0.2) is 0 Å². The third kappa shape index (κ3) is 60.5. The quantitative estimate of drug-likeness (QED) is 0.465. The Labute approximate surface area is 82.3 Å². The average molecular weight is 228 g/mol. The SMILES string of the molecule is O=[Si](O)O.[B].[Ba+2].[H-].[H-]. The Hall–Kier alpha value is 1.25. The van der Waals surface area contributed by atoms with Gasteiger partial charge in [0.1, 0.15) is 0 Å². The van der Waals surface area contributed by atoms with E-state index in [2.05, 4.69) is 0 Å². The maximum atomic E-state index is 8.74. The molecule has 6 heteroatoms. The summed E-state index contributed by atoms with van der Waals surface area (Å²) in [5, 5.41) is 0. The normalized spacial score (nSPS) is 4.00. The molecule has 0 aliphatic carbocycles. The molecule has 0 spiro atoms. The molecule has 0 saturated heterocycles. The molecule has 0 aliphatic rings. The van der Waals surface area contributed by atoms with Gasteiger partial charge in [-0.2, -0.15) is 0 Å². The molecule has 3 radical (unpaired) electrons. The fraction of sp³-hybridized carbons (Fsp3) is 0. The number of hydrogen-bond donors (Lipinski definition) is 2. The monoisotopic (exact) mass is 229 g/mol. The fourth-order valence-corrected chi connectivity index (χ4v) is 0. The second-order valence-corrected chi connectivity index (χ2v) is 0.848. The van der Waals surface area contributed by atoms with Crippen LogP contribution in [-0.4, -0.2) is 76.1 Å². The van der Waals surface area contributed by atoms with Gasteiger partial charge in [0.15, 0.2) is 0 Å². The summed E-state index contributed by atoms with van der Waals surface area (Å²) in [4.78, 5) is 14.3. The van der Waals surface area contributed by atoms with Crippen LogP contribution in [0.15, 0.2) is 0 Å². The van der Waals surface area contributed by atoms with Crippen molar-refractivity contribution in [1.82, 2.24) is 0 Å². The van der Waals surface area contributed by atoms with E-state index >= 15 is 0 Å². The molecule has 0 fully saturated rings. The fourth-order valence-electron chi connectivity index (χ4n) is 0. The van der Waals surface area contributed by atoms with E-state index < -0.39 is 9.17 Å². The summed E-state index contributed by atoms with van der Waals surface area (Å²) in [5.41, 5.74) is 0. The van der Waals surface area contributed by atoms with Crippen molar-refractivity contribution in [1.29, 1.82) is 0 Å². The minimum Gasteiger partial charge on any atom is -1.00 e. The summed E-state index contributed by atoms with van der Waals surface area (Å²) in [6.07, 6.45) is 0. The van der Waals surface area contributed by atoms with Crippen molar-refractivity contribution in [2.24, 2.45) is 0 Å². The van der Waals surface area contributed by atoms with Crippen molar-refractivity contribution in [2.45, 2.75) is 0 Å². The standard InChI is InChI=1S/B.Ba.H2O3Si.2H/c;;1-4(2)3;;/h;;1-2H;;/q;+2;;2*-1. The first-order valence-electron chi connectivity index (χ1n) is 0.651. The van der Waals surface area contributed by atoms with Crippen LogP contribution in [0.1, 0.15) is 2.85 Å². The maximum absolute atomic E-state index is 8.74. The molecule has 0 aromatic heterocycles. The molecule has 2 N–H and O–H groups in total. The number of hydrogen-bond acceptors (Lipinski definition) is 1. The molecule has 0 rings (SSSR count). The van der Waals surface area contributed by atoms with Crippen LogP contribution in [0.2, 0.25) is 0 Å². The minimum atomic E-state index is -3.13. The van der Waals surface area contributed by atoms with Gasteiger partial charge < -0.3 is 12.4 Å². The molecule has 0 heterocycles.